The number of fused-ring (bicyclic) bond motifs is 2. The zero-order chi connectivity index (χ0) is 17.9. The normalized spacial score (nSPS) is 14.0. The van der Waals surface area contributed by atoms with Crippen LogP contribution in [0.15, 0.2) is 47.4 Å². The van der Waals surface area contributed by atoms with Gasteiger partial charge in [0.05, 0.1) is 5.69 Å². The van der Waals surface area contributed by atoms with Crippen molar-refractivity contribution in [2.24, 2.45) is 0 Å². The van der Waals surface area contributed by atoms with E-state index in [-0.39, 0.29) is 11.4 Å². The summed E-state index contributed by atoms with van der Waals surface area (Å²) in [5.41, 5.74) is 4.03. The standard InChI is InChI=1S/C22H19FN2O/c23-18-11-9-16(10-12-18)7-8-17-13-14-25-21(15-17)24-20-6-4-2-1-3-5-19(20)22(25)26/h9-15H,1-6H2. The van der Waals surface area contributed by atoms with Crippen LogP contribution in [0.4, 0.5) is 4.39 Å². The highest BCUT2D eigenvalue weighted by atomic mass is 19.1. The van der Waals surface area contributed by atoms with Crippen LogP contribution in [0.25, 0.3) is 5.65 Å². The first-order valence-corrected chi connectivity index (χ1v) is 9.02. The Balaban J connectivity index is 1.74. The lowest BCUT2D eigenvalue weighted by Gasteiger charge is -2.13. The van der Waals surface area contributed by atoms with Gasteiger partial charge < -0.3 is 0 Å². The maximum atomic E-state index is 13.0. The van der Waals surface area contributed by atoms with Crippen molar-refractivity contribution in [3.63, 3.8) is 0 Å². The lowest BCUT2D eigenvalue weighted by Crippen LogP contribution is -2.23. The molecule has 1 aromatic carbocycles. The van der Waals surface area contributed by atoms with Crippen molar-refractivity contribution in [1.82, 2.24) is 9.38 Å². The van der Waals surface area contributed by atoms with Gasteiger partial charge in [0, 0.05) is 22.9 Å². The Bertz CT molecular complexity index is 1070. The maximum absolute atomic E-state index is 13.0. The summed E-state index contributed by atoms with van der Waals surface area (Å²) in [6.07, 6.45) is 7.95. The third-order valence-electron chi connectivity index (χ3n) is 4.80. The molecule has 0 spiro atoms. The van der Waals surface area contributed by atoms with Crippen molar-refractivity contribution in [2.75, 3.05) is 0 Å². The molecule has 0 atom stereocenters. The quantitative estimate of drug-likeness (QED) is 0.579. The summed E-state index contributed by atoms with van der Waals surface area (Å²) >= 11 is 0. The Hall–Kier alpha value is -2.93. The van der Waals surface area contributed by atoms with Crippen LogP contribution in [-0.4, -0.2) is 9.38 Å². The summed E-state index contributed by atoms with van der Waals surface area (Å²) in [6, 6.07) is 9.75. The minimum absolute atomic E-state index is 0.0462. The van der Waals surface area contributed by atoms with E-state index in [1.807, 2.05) is 12.1 Å². The van der Waals surface area contributed by atoms with E-state index in [0.717, 1.165) is 48.1 Å². The Morgan fingerprint density at radius 3 is 2.46 bits per heavy atom. The van der Waals surface area contributed by atoms with Gasteiger partial charge in [-0.25, -0.2) is 9.37 Å². The molecule has 130 valence electrons. The Morgan fingerprint density at radius 1 is 0.923 bits per heavy atom. The van der Waals surface area contributed by atoms with Crippen molar-refractivity contribution >= 4 is 5.65 Å². The number of nitrogens with zero attached hydrogens (tertiary/aromatic N) is 2. The first-order chi connectivity index (χ1) is 12.7. The van der Waals surface area contributed by atoms with Crippen LogP contribution in [0.5, 0.6) is 0 Å². The smallest absolute Gasteiger partial charge is 0.261 e. The molecule has 0 N–H and O–H groups in total. The lowest BCUT2D eigenvalue weighted by atomic mass is 9.98. The zero-order valence-corrected chi connectivity index (χ0v) is 14.5. The Morgan fingerprint density at radius 2 is 1.65 bits per heavy atom. The average molecular weight is 346 g/mol. The molecule has 2 aromatic heterocycles. The number of aryl methyl sites for hydroxylation is 1. The van der Waals surface area contributed by atoms with E-state index in [1.54, 1.807) is 22.7 Å². The molecule has 26 heavy (non-hydrogen) atoms. The third kappa shape index (κ3) is 3.39. The zero-order valence-electron chi connectivity index (χ0n) is 14.5. The highest BCUT2D eigenvalue weighted by Crippen LogP contribution is 2.17. The van der Waals surface area contributed by atoms with Crippen molar-refractivity contribution in [2.45, 2.75) is 38.5 Å². The number of pyridine rings is 1. The van der Waals surface area contributed by atoms with E-state index in [1.165, 1.54) is 25.0 Å². The van der Waals surface area contributed by atoms with Crippen molar-refractivity contribution in [3.8, 4) is 11.8 Å². The summed E-state index contributed by atoms with van der Waals surface area (Å²) in [7, 11) is 0. The summed E-state index contributed by atoms with van der Waals surface area (Å²) in [5.74, 6) is 5.81. The number of hydrogen-bond acceptors (Lipinski definition) is 2. The van der Waals surface area contributed by atoms with E-state index in [9.17, 15) is 9.18 Å². The molecule has 3 aromatic rings. The average Bonchev–Trinajstić information content (AvgIpc) is 2.63. The van der Waals surface area contributed by atoms with E-state index in [0.29, 0.717) is 5.65 Å². The fraction of sp³-hybridized carbons (Fsp3) is 0.273. The van der Waals surface area contributed by atoms with Gasteiger partial charge in [-0.2, -0.15) is 0 Å². The molecule has 0 aliphatic heterocycles. The SMILES string of the molecule is O=c1c2c(nc3cc(C#Cc4ccc(F)cc4)ccn13)CCCCCC2. The fourth-order valence-electron chi connectivity index (χ4n) is 3.38. The van der Waals surface area contributed by atoms with Crippen molar-refractivity contribution in [3.05, 3.63) is 81.2 Å². The third-order valence-corrected chi connectivity index (χ3v) is 4.80. The molecule has 0 amide bonds. The van der Waals surface area contributed by atoms with Gasteiger partial charge in [-0.05, 0) is 62.1 Å². The van der Waals surface area contributed by atoms with Crippen LogP contribution in [-0.2, 0) is 12.8 Å². The molecule has 4 heteroatoms. The summed E-state index contributed by atoms with van der Waals surface area (Å²) in [5, 5.41) is 0. The molecule has 1 aliphatic rings. The number of benzene rings is 1. The molecule has 0 saturated carbocycles. The second-order valence-corrected chi connectivity index (χ2v) is 6.66. The second kappa shape index (κ2) is 7.13. The number of rotatable bonds is 0. The van der Waals surface area contributed by atoms with E-state index in [2.05, 4.69) is 11.8 Å². The molecule has 2 heterocycles. The molecule has 0 radical (unpaired) electrons. The van der Waals surface area contributed by atoms with Gasteiger partial charge in [0.15, 0.2) is 0 Å². The molecular weight excluding hydrogens is 327 g/mol. The Labute approximate surface area is 151 Å². The number of aromatic nitrogens is 2. The molecule has 3 nitrogen and oxygen atoms in total. The van der Waals surface area contributed by atoms with Crippen molar-refractivity contribution < 1.29 is 4.39 Å². The molecule has 1 aliphatic carbocycles. The lowest BCUT2D eigenvalue weighted by molar-refractivity contribution is 0.603. The fourth-order valence-corrected chi connectivity index (χ4v) is 3.38. The van der Waals surface area contributed by atoms with Crippen LogP contribution in [0.3, 0.4) is 0 Å². The summed E-state index contributed by atoms with van der Waals surface area (Å²) in [6.45, 7) is 0. The van der Waals surface area contributed by atoms with Crippen LogP contribution < -0.4 is 5.56 Å². The van der Waals surface area contributed by atoms with Crippen LogP contribution in [0, 0.1) is 17.7 Å². The molecule has 0 bridgehead atoms. The minimum atomic E-state index is -0.277. The van der Waals surface area contributed by atoms with Crippen LogP contribution in [0.2, 0.25) is 0 Å². The highest BCUT2D eigenvalue weighted by Gasteiger charge is 2.14. The van der Waals surface area contributed by atoms with Gasteiger partial charge in [0.2, 0.25) is 0 Å². The van der Waals surface area contributed by atoms with Gasteiger partial charge >= 0.3 is 0 Å². The molecule has 0 unspecified atom stereocenters. The second-order valence-electron chi connectivity index (χ2n) is 6.66. The van der Waals surface area contributed by atoms with Gasteiger partial charge in [0.25, 0.3) is 5.56 Å². The van der Waals surface area contributed by atoms with Crippen molar-refractivity contribution in [1.29, 1.82) is 0 Å². The monoisotopic (exact) mass is 346 g/mol. The van der Waals surface area contributed by atoms with E-state index >= 15 is 0 Å². The maximum Gasteiger partial charge on any atom is 0.261 e. The molecule has 0 saturated heterocycles. The molecule has 0 fully saturated rings. The molecule has 4 rings (SSSR count). The van der Waals surface area contributed by atoms with Crippen LogP contribution in [0.1, 0.15) is 48.1 Å². The minimum Gasteiger partial charge on any atom is -0.269 e. The van der Waals surface area contributed by atoms with Gasteiger partial charge in [0.1, 0.15) is 11.5 Å². The highest BCUT2D eigenvalue weighted by molar-refractivity contribution is 5.50. The topological polar surface area (TPSA) is 34.4 Å². The Kier molecular flexibility index (Phi) is 4.53. The van der Waals surface area contributed by atoms with Crippen LogP contribution >= 0.6 is 0 Å². The number of halogens is 1. The molecular formula is C22H19FN2O. The van der Waals surface area contributed by atoms with Gasteiger partial charge in [-0.15, -0.1) is 0 Å². The van der Waals surface area contributed by atoms with Gasteiger partial charge in [-0.1, -0.05) is 24.7 Å². The summed E-state index contributed by atoms with van der Waals surface area (Å²) < 4.78 is 14.6. The van der Waals surface area contributed by atoms with E-state index in [4.69, 9.17) is 4.98 Å². The predicted molar refractivity (Wildman–Crippen MR) is 99.7 cm³/mol. The number of hydrogen-bond donors (Lipinski definition) is 0. The predicted octanol–water partition coefficient (Wildman–Crippen LogP) is 3.89. The largest absolute Gasteiger partial charge is 0.269 e. The van der Waals surface area contributed by atoms with Gasteiger partial charge in [-0.3, -0.25) is 9.20 Å². The van der Waals surface area contributed by atoms with E-state index < -0.39 is 0 Å². The summed E-state index contributed by atoms with van der Waals surface area (Å²) in [4.78, 5) is 17.6. The first-order valence-electron chi connectivity index (χ1n) is 9.02. The first kappa shape index (κ1) is 16.5.